The zero-order valence-corrected chi connectivity index (χ0v) is 39.4. The summed E-state index contributed by atoms with van der Waals surface area (Å²) in [4.78, 5) is 43.0. The van der Waals surface area contributed by atoms with E-state index in [-0.39, 0.29) is 16.8 Å². The molecule has 17 rings (SSSR count). The van der Waals surface area contributed by atoms with Crippen LogP contribution < -0.4 is 9.97 Å². The molecule has 12 aromatic carbocycles. The Labute approximate surface area is 424 Å². The van der Waals surface area contributed by atoms with E-state index in [0.29, 0.717) is 45.9 Å². The zero-order valence-electron chi connectivity index (χ0n) is 38.4. The van der Waals surface area contributed by atoms with Crippen LogP contribution in [0.5, 0.6) is 0 Å². The molecule has 2 aliphatic rings. The summed E-state index contributed by atoms with van der Waals surface area (Å²) in [6.45, 7) is 0. The van der Waals surface area contributed by atoms with Gasteiger partial charge in [-0.25, -0.2) is 9.97 Å². The van der Waals surface area contributed by atoms with Gasteiger partial charge in [0, 0.05) is 44.8 Å². The van der Waals surface area contributed by atoms with Gasteiger partial charge in [0.25, 0.3) is 0 Å². The molecule has 0 unspecified atom stereocenters. The number of fused-ring (bicyclic) bond motifs is 28. The molecule has 8 nitrogen and oxygen atoms in total. The van der Waals surface area contributed by atoms with Crippen LogP contribution in [0.2, 0.25) is 0 Å². The number of hydrogen-bond acceptors (Lipinski definition) is 6. The summed E-state index contributed by atoms with van der Waals surface area (Å²) in [5.41, 5.74) is 5.55. The third kappa shape index (κ3) is 6.07. The second-order valence-corrected chi connectivity index (χ2v) is 19.3. The molecule has 3 aromatic heterocycles. The van der Waals surface area contributed by atoms with E-state index in [9.17, 15) is 0 Å². The Kier molecular flexibility index (Phi) is 8.18. The van der Waals surface area contributed by atoms with Gasteiger partial charge in [-0.05, 0) is 205 Å². The van der Waals surface area contributed by atoms with Gasteiger partial charge in [-0.15, -0.1) is 0 Å². The van der Waals surface area contributed by atoms with Crippen molar-refractivity contribution in [3.8, 4) is 45.6 Å². The standard InChI is InChI=1S/C64H32N8.Co/c1-2-10-34-18-42-26-50-49(25-41(42)17-33(34)9-1)57-65-58(50)70-60-53-29-45-21-37-13-5-6-14-38(37)22-46(45)30-54(53)62(67-60)72-64-56-32-48-24-40-16-8-7-15-39(40)23-47(48)31-55(56)63(68-64)71-61-52-28-44-20-36-12-4-3-11-35(36)19-43(44)27-51(52)59(66-61)69-57;/h1-32H;/q-2;+2. The molecular weight excluding hydrogens is 940 g/mol. The molecule has 0 saturated heterocycles. The van der Waals surface area contributed by atoms with Gasteiger partial charge < -0.3 is 29.9 Å². The van der Waals surface area contributed by atoms with Gasteiger partial charge in [-0.3, -0.25) is 0 Å². The third-order valence-electron chi connectivity index (χ3n) is 15.0. The second-order valence-electron chi connectivity index (χ2n) is 19.3. The molecule has 337 valence electrons. The van der Waals surface area contributed by atoms with Crippen LogP contribution in [-0.4, -0.2) is 29.9 Å². The third-order valence-corrected chi connectivity index (χ3v) is 15.0. The van der Waals surface area contributed by atoms with Crippen molar-refractivity contribution in [3.63, 3.8) is 0 Å². The smallest absolute Gasteiger partial charge is 0.357 e. The van der Waals surface area contributed by atoms with Crippen molar-refractivity contribution in [2.75, 3.05) is 0 Å². The summed E-state index contributed by atoms with van der Waals surface area (Å²) in [5, 5.41) is 21.4. The van der Waals surface area contributed by atoms with Crippen molar-refractivity contribution in [2.45, 2.75) is 0 Å². The minimum atomic E-state index is 0. The number of hydrogen-bond donors (Lipinski definition) is 0. The zero-order chi connectivity index (χ0) is 46.8. The number of nitrogens with zero attached hydrogens (tertiary/aromatic N) is 8. The summed E-state index contributed by atoms with van der Waals surface area (Å²) in [6, 6.07) is 69.3. The van der Waals surface area contributed by atoms with E-state index in [4.69, 9.17) is 39.9 Å². The number of rotatable bonds is 0. The maximum absolute atomic E-state index is 5.43. The van der Waals surface area contributed by atoms with Crippen molar-refractivity contribution in [2.24, 2.45) is 0 Å². The van der Waals surface area contributed by atoms with Crippen LogP contribution in [0.15, 0.2) is 194 Å². The summed E-state index contributed by atoms with van der Waals surface area (Å²) >= 11 is 0. The largest absolute Gasteiger partial charge is 2.00 e. The van der Waals surface area contributed by atoms with Crippen LogP contribution in [0.1, 0.15) is 0 Å². The Hall–Kier alpha value is -9.41. The molecule has 0 N–H and O–H groups in total. The Morgan fingerprint density at radius 3 is 0.603 bits per heavy atom. The first kappa shape index (κ1) is 40.3. The molecule has 1 radical (unpaired) electrons. The van der Waals surface area contributed by atoms with Crippen LogP contribution in [0.3, 0.4) is 0 Å². The van der Waals surface area contributed by atoms with E-state index in [2.05, 4.69) is 194 Å². The van der Waals surface area contributed by atoms with Gasteiger partial charge in [0.05, 0.1) is 23.3 Å². The van der Waals surface area contributed by atoms with Gasteiger partial charge in [-0.1, -0.05) is 97.1 Å². The summed E-state index contributed by atoms with van der Waals surface area (Å²) in [7, 11) is 0. The average molecular weight is 972 g/mol. The van der Waals surface area contributed by atoms with Gasteiger partial charge in [-0.2, -0.15) is 0 Å². The minimum absolute atomic E-state index is 0. The fourth-order valence-electron chi connectivity index (χ4n) is 11.4. The van der Waals surface area contributed by atoms with E-state index in [1.165, 1.54) is 0 Å². The van der Waals surface area contributed by atoms with Crippen LogP contribution in [0.25, 0.3) is 176 Å². The van der Waals surface area contributed by atoms with Crippen molar-refractivity contribution >= 4 is 130 Å². The molecule has 0 spiro atoms. The quantitative estimate of drug-likeness (QED) is 0.138. The first-order chi connectivity index (χ1) is 35.5. The van der Waals surface area contributed by atoms with Gasteiger partial charge in [0.15, 0.2) is 0 Å². The first-order valence-electron chi connectivity index (χ1n) is 24.1. The Bertz CT molecular complexity index is 4560. The maximum atomic E-state index is 5.43. The first-order valence-corrected chi connectivity index (χ1v) is 24.1. The van der Waals surface area contributed by atoms with E-state index < -0.39 is 0 Å². The van der Waals surface area contributed by atoms with E-state index >= 15 is 0 Å². The van der Waals surface area contributed by atoms with Crippen LogP contribution >= 0.6 is 0 Å². The average Bonchev–Trinajstić information content (AvgIpc) is 4.12. The van der Waals surface area contributed by atoms with E-state index in [0.717, 1.165) is 130 Å². The van der Waals surface area contributed by atoms with E-state index in [1.807, 2.05) is 0 Å². The predicted molar refractivity (Wildman–Crippen MR) is 294 cm³/mol. The minimum Gasteiger partial charge on any atom is -0.357 e. The molecule has 0 amide bonds. The SMILES string of the molecule is [Co+2].c1ccc2cc3cc4c(cc3cc2c1)-c1nc-4nc2[n-]c(nc3nc(nc4[n-]c(n1)c1cc5cc6ccccc6cc5cc41)-c1cc4cc5ccccc5cc4cc1-3)c1cc3cc4ccccc4cc3cc21. The molecule has 0 atom stereocenters. The topological polar surface area (TPSA) is 106 Å². The number of benzene rings is 12. The van der Waals surface area contributed by atoms with Crippen molar-refractivity contribution in [1.82, 2.24) is 39.9 Å². The Balaban J connectivity index is 0.00000456. The van der Waals surface area contributed by atoms with Crippen LogP contribution in [-0.2, 0) is 16.8 Å². The van der Waals surface area contributed by atoms with Crippen molar-refractivity contribution in [3.05, 3.63) is 194 Å². The van der Waals surface area contributed by atoms with Gasteiger partial charge in [0.1, 0.15) is 0 Å². The fourth-order valence-corrected chi connectivity index (χ4v) is 11.4. The Morgan fingerprint density at radius 2 is 0.397 bits per heavy atom. The molecule has 8 bridgehead atoms. The molecule has 5 heterocycles. The van der Waals surface area contributed by atoms with Crippen LogP contribution in [0.4, 0.5) is 0 Å². The summed E-state index contributed by atoms with van der Waals surface area (Å²) in [5.74, 6) is 2.08. The monoisotopic (exact) mass is 971 g/mol. The molecular formula is C64H32CoN8. The normalized spacial score (nSPS) is 12.3. The fraction of sp³-hybridized carbons (Fsp3) is 0. The molecule has 2 aliphatic heterocycles. The second kappa shape index (κ2) is 14.8. The molecule has 0 aliphatic carbocycles. The number of aromatic nitrogens is 8. The Morgan fingerprint density at radius 1 is 0.205 bits per heavy atom. The van der Waals surface area contributed by atoms with Gasteiger partial charge in [0.2, 0.25) is 0 Å². The van der Waals surface area contributed by atoms with Crippen LogP contribution in [0, 0.1) is 0 Å². The molecule has 73 heavy (non-hydrogen) atoms. The molecule has 15 aromatic rings. The summed E-state index contributed by atoms with van der Waals surface area (Å²) < 4.78 is 0. The van der Waals surface area contributed by atoms with Crippen molar-refractivity contribution in [1.29, 1.82) is 0 Å². The molecule has 0 saturated carbocycles. The predicted octanol–water partition coefficient (Wildman–Crippen LogP) is 15.4. The van der Waals surface area contributed by atoms with Crippen molar-refractivity contribution < 1.29 is 16.8 Å². The molecule has 9 heteroatoms. The van der Waals surface area contributed by atoms with E-state index in [1.54, 1.807) is 0 Å². The van der Waals surface area contributed by atoms with Gasteiger partial charge >= 0.3 is 16.8 Å². The maximum Gasteiger partial charge on any atom is 2.00 e. The summed E-state index contributed by atoms with van der Waals surface area (Å²) in [6.07, 6.45) is 0. The molecule has 0 fully saturated rings.